The molecule has 1 aliphatic heterocycles. The molecule has 6 heteroatoms. The lowest BCUT2D eigenvalue weighted by molar-refractivity contribution is -0.132. The summed E-state index contributed by atoms with van der Waals surface area (Å²) in [5, 5.41) is 5.52. The van der Waals surface area contributed by atoms with E-state index in [0.29, 0.717) is 12.1 Å². The van der Waals surface area contributed by atoms with Crippen molar-refractivity contribution in [1.29, 1.82) is 0 Å². The highest BCUT2D eigenvalue weighted by atomic mass is 19.4. The quantitative estimate of drug-likeness (QED) is 0.883. The molecule has 1 aliphatic rings. The number of fused-ring (bicyclic) bond motifs is 1. The average Bonchev–Trinajstić information content (AvgIpc) is 2.36. The lowest BCUT2D eigenvalue weighted by Gasteiger charge is -2.20. The molecular formula is C13H15F3N2O. The van der Waals surface area contributed by atoms with Gasteiger partial charge in [0, 0.05) is 18.7 Å². The van der Waals surface area contributed by atoms with Gasteiger partial charge in [0.25, 0.3) is 5.91 Å². The zero-order valence-corrected chi connectivity index (χ0v) is 10.3. The van der Waals surface area contributed by atoms with Crippen molar-refractivity contribution in [2.45, 2.75) is 25.6 Å². The lowest BCUT2D eigenvalue weighted by Crippen LogP contribution is -2.31. The fraction of sp³-hybridized carbons (Fsp3) is 0.462. The van der Waals surface area contributed by atoms with Crippen LogP contribution in [0.3, 0.4) is 0 Å². The lowest BCUT2D eigenvalue weighted by atomic mass is 9.95. The molecule has 1 aromatic rings. The van der Waals surface area contributed by atoms with E-state index in [0.717, 1.165) is 24.1 Å². The van der Waals surface area contributed by atoms with E-state index in [9.17, 15) is 18.0 Å². The van der Waals surface area contributed by atoms with Crippen LogP contribution >= 0.6 is 0 Å². The molecule has 1 amide bonds. The number of rotatable bonds is 3. The number of nitrogens with one attached hydrogen (secondary N) is 2. The number of halogens is 3. The van der Waals surface area contributed by atoms with Crippen LogP contribution in [0.5, 0.6) is 0 Å². The van der Waals surface area contributed by atoms with Gasteiger partial charge in [-0.1, -0.05) is 12.1 Å². The van der Waals surface area contributed by atoms with Crippen LogP contribution in [0, 0.1) is 0 Å². The molecular weight excluding hydrogens is 257 g/mol. The van der Waals surface area contributed by atoms with Gasteiger partial charge in [0.15, 0.2) is 0 Å². The predicted molar refractivity (Wildman–Crippen MR) is 64.9 cm³/mol. The van der Waals surface area contributed by atoms with Gasteiger partial charge in [0.05, 0.1) is 6.42 Å². The molecule has 0 radical (unpaired) electrons. The Balaban J connectivity index is 2.03. The average molecular weight is 272 g/mol. The summed E-state index contributed by atoms with van der Waals surface area (Å²) in [6, 6.07) is 5.34. The first kappa shape index (κ1) is 13.9. The number of amides is 1. The van der Waals surface area contributed by atoms with Gasteiger partial charge in [-0.25, -0.2) is 0 Å². The Morgan fingerprint density at radius 3 is 2.89 bits per heavy atom. The summed E-state index contributed by atoms with van der Waals surface area (Å²) in [7, 11) is 0. The van der Waals surface area contributed by atoms with Gasteiger partial charge in [-0.05, 0) is 30.2 Å². The predicted octanol–water partition coefficient (Wildman–Crippen LogP) is 2.01. The Morgan fingerprint density at radius 2 is 2.16 bits per heavy atom. The second-order valence-electron chi connectivity index (χ2n) is 4.49. The number of benzene rings is 1. The van der Waals surface area contributed by atoms with Gasteiger partial charge >= 0.3 is 6.18 Å². The maximum absolute atomic E-state index is 12.0. The van der Waals surface area contributed by atoms with E-state index in [1.165, 1.54) is 0 Å². The summed E-state index contributed by atoms with van der Waals surface area (Å²) >= 11 is 0. The van der Waals surface area contributed by atoms with Crippen molar-refractivity contribution in [3.63, 3.8) is 0 Å². The number of carbonyl (C=O) groups is 1. The molecule has 0 unspecified atom stereocenters. The van der Waals surface area contributed by atoms with Gasteiger partial charge < -0.3 is 10.6 Å². The van der Waals surface area contributed by atoms with E-state index in [2.05, 4.69) is 10.6 Å². The summed E-state index contributed by atoms with van der Waals surface area (Å²) in [5.41, 5.74) is 2.46. The van der Waals surface area contributed by atoms with Gasteiger partial charge in [-0.2, -0.15) is 13.2 Å². The molecule has 19 heavy (non-hydrogen) atoms. The largest absolute Gasteiger partial charge is 0.390 e. The molecule has 2 N–H and O–H groups in total. The summed E-state index contributed by atoms with van der Waals surface area (Å²) in [6.07, 6.45) is -4.53. The number of carbonyl (C=O) groups excluding carboxylic acids is 1. The third-order valence-corrected chi connectivity index (χ3v) is 3.08. The highest BCUT2D eigenvalue weighted by molar-refractivity contribution is 5.96. The van der Waals surface area contributed by atoms with Crippen LogP contribution in [0.25, 0.3) is 0 Å². The number of alkyl halides is 3. The molecule has 0 bridgehead atoms. The van der Waals surface area contributed by atoms with Crippen LogP contribution in [0.2, 0.25) is 0 Å². The summed E-state index contributed by atoms with van der Waals surface area (Å²) in [6.45, 7) is 1.09. The van der Waals surface area contributed by atoms with Crippen molar-refractivity contribution in [1.82, 2.24) is 10.6 Å². The minimum Gasteiger partial charge on any atom is -0.352 e. The minimum absolute atomic E-state index is 0.385. The second-order valence-corrected chi connectivity index (χ2v) is 4.49. The van der Waals surface area contributed by atoms with Crippen LogP contribution in [0.4, 0.5) is 13.2 Å². The zero-order valence-electron chi connectivity index (χ0n) is 10.3. The Morgan fingerprint density at radius 1 is 1.37 bits per heavy atom. The molecule has 0 saturated heterocycles. The van der Waals surface area contributed by atoms with Crippen molar-refractivity contribution >= 4 is 5.91 Å². The maximum atomic E-state index is 12.0. The SMILES string of the molecule is O=C(NCCC(F)(F)F)c1cccc2c1CCNC2. The summed E-state index contributed by atoms with van der Waals surface area (Å²) < 4.78 is 36.1. The molecule has 3 nitrogen and oxygen atoms in total. The molecule has 1 heterocycles. The van der Waals surface area contributed by atoms with Crippen LogP contribution in [-0.4, -0.2) is 25.2 Å². The normalized spacial score (nSPS) is 14.9. The van der Waals surface area contributed by atoms with E-state index in [-0.39, 0.29) is 6.54 Å². The second kappa shape index (κ2) is 5.61. The molecule has 104 valence electrons. The van der Waals surface area contributed by atoms with Crippen LogP contribution < -0.4 is 10.6 Å². The van der Waals surface area contributed by atoms with Gasteiger partial charge in [-0.15, -0.1) is 0 Å². The maximum Gasteiger partial charge on any atom is 0.390 e. The molecule has 0 fully saturated rings. The van der Waals surface area contributed by atoms with Gasteiger partial charge in [0.1, 0.15) is 0 Å². The molecule has 2 rings (SSSR count). The van der Waals surface area contributed by atoms with Crippen molar-refractivity contribution < 1.29 is 18.0 Å². The third kappa shape index (κ3) is 3.70. The van der Waals surface area contributed by atoms with Gasteiger partial charge in [-0.3, -0.25) is 4.79 Å². The summed E-state index contributed by atoms with van der Waals surface area (Å²) in [4.78, 5) is 11.9. The fourth-order valence-corrected chi connectivity index (χ4v) is 2.16. The first-order valence-electron chi connectivity index (χ1n) is 6.14. The third-order valence-electron chi connectivity index (χ3n) is 3.08. The van der Waals surface area contributed by atoms with Crippen LogP contribution in [-0.2, 0) is 13.0 Å². The Bertz CT molecular complexity index is 471. The monoisotopic (exact) mass is 272 g/mol. The van der Waals surface area contributed by atoms with E-state index in [4.69, 9.17) is 0 Å². The van der Waals surface area contributed by atoms with E-state index in [1.807, 2.05) is 6.07 Å². The Kier molecular flexibility index (Phi) is 4.09. The van der Waals surface area contributed by atoms with E-state index >= 15 is 0 Å². The van der Waals surface area contributed by atoms with Crippen LogP contribution in [0.1, 0.15) is 27.9 Å². The molecule has 1 aromatic carbocycles. The molecule has 0 atom stereocenters. The highest BCUT2D eigenvalue weighted by Crippen LogP contribution is 2.20. The van der Waals surface area contributed by atoms with Crippen molar-refractivity contribution in [2.75, 3.05) is 13.1 Å². The molecule has 0 saturated carbocycles. The number of hydrogen-bond acceptors (Lipinski definition) is 2. The minimum atomic E-state index is -4.24. The van der Waals surface area contributed by atoms with Crippen molar-refractivity contribution in [3.05, 3.63) is 34.9 Å². The topological polar surface area (TPSA) is 41.1 Å². The van der Waals surface area contributed by atoms with Gasteiger partial charge in [0.2, 0.25) is 0 Å². The number of hydrogen-bond donors (Lipinski definition) is 2. The van der Waals surface area contributed by atoms with E-state index < -0.39 is 18.5 Å². The first-order valence-corrected chi connectivity index (χ1v) is 6.14. The zero-order chi connectivity index (χ0) is 13.9. The molecule has 0 spiro atoms. The van der Waals surface area contributed by atoms with Crippen LogP contribution in [0.15, 0.2) is 18.2 Å². The molecule has 0 aliphatic carbocycles. The highest BCUT2D eigenvalue weighted by Gasteiger charge is 2.27. The Labute approximate surface area is 109 Å². The van der Waals surface area contributed by atoms with E-state index in [1.54, 1.807) is 12.1 Å². The fourth-order valence-electron chi connectivity index (χ4n) is 2.16. The van der Waals surface area contributed by atoms with Crippen molar-refractivity contribution in [2.24, 2.45) is 0 Å². The first-order chi connectivity index (χ1) is 8.97. The molecule has 0 aromatic heterocycles. The smallest absolute Gasteiger partial charge is 0.352 e. The standard InChI is InChI=1S/C13H15F3N2O/c14-13(15,16)5-7-18-12(19)11-3-1-2-9-8-17-6-4-10(9)11/h1-3,17H,4-8H2,(H,18,19). The Hall–Kier alpha value is -1.56. The summed E-state index contributed by atoms with van der Waals surface area (Å²) in [5.74, 6) is -0.428. The van der Waals surface area contributed by atoms with Crippen molar-refractivity contribution in [3.8, 4) is 0 Å².